The van der Waals surface area contributed by atoms with Crippen LogP contribution in [0.2, 0.25) is 0 Å². The third kappa shape index (κ3) is 2.67. The van der Waals surface area contributed by atoms with Gasteiger partial charge in [0.1, 0.15) is 5.75 Å². The summed E-state index contributed by atoms with van der Waals surface area (Å²) < 4.78 is 6.49. The van der Waals surface area contributed by atoms with Crippen LogP contribution in [0.25, 0.3) is 10.2 Å². The first kappa shape index (κ1) is 13.8. The van der Waals surface area contributed by atoms with Crippen LogP contribution in [0.15, 0.2) is 18.2 Å². The zero-order chi connectivity index (χ0) is 14.0. The second kappa shape index (κ2) is 5.70. The summed E-state index contributed by atoms with van der Waals surface area (Å²) in [4.78, 5) is 4.78. The molecule has 2 N–H and O–H groups in total. The zero-order valence-electron chi connectivity index (χ0n) is 12.0. The lowest BCUT2D eigenvalue weighted by molar-refractivity contribution is 0.197. The number of hydrogen-bond acceptors (Lipinski definition) is 4. The minimum absolute atomic E-state index is 0.288. The van der Waals surface area contributed by atoms with Gasteiger partial charge in [0.05, 0.1) is 22.3 Å². The van der Waals surface area contributed by atoms with Gasteiger partial charge in [-0.25, -0.2) is 4.98 Å². The summed E-state index contributed by atoms with van der Waals surface area (Å²) in [5.74, 6) is 0.902. The molecule has 1 aromatic heterocycles. The van der Waals surface area contributed by atoms with Crippen molar-refractivity contribution in [1.29, 1.82) is 0 Å². The smallest absolute Gasteiger partial charge is 0.120 e. The first-order valence-electron chi connectivity index (χ1n) is 7.38. The van der Waals surface area contributed by atoms with Crippen LogP contribution < -0.4 is 10.5 Å². The van der Waals surface area contributed by atoms with Gasteiger partial charge in [0.2, 0.25) is 0 Å². The predicted octanol–water partition coefficient (Wildman–Crippen LogP) is 3.76. The predicted molar refractivity (Wildman–Crippen MR) is 84.4 cm³/mol. The molecule has 0 spiro atoms. The number of benzene rings is 1. The van der Waals surface area contributed by atoms with Gasteiger partial charge in [-0.1, -0.05) is 19.3 Å². The number of nitrogens with two attached hydrogens (primary N) is 1. The van der Waals surface area contributed by atoms with Gasteiger partial charge in [0, 0.05) is 6.42 Å². The van der Waals surface area contributed by atoms with Crippen LogP contribution in [0.5, 0.6) is 5.75 Å². The van der Waals surface area contributed by atoms with E-state index in [2.05, 4.69) is 6.07 Å². The van der Waals surface area contributed by atoms with E-state index in [0.717, 1.165) is 24.2 Å². The van der Waals surface area contributed by atoms with Crippen molar-refractivity contribution in [1.82, 2.24) is 4.98 Å². The Labute approximate surface area is 124 Å². The summed E-state index contributed by atoms with van der Waals surface area (Å²) in [5, 5.41) is 1.22. The van der Waals surface area contributed by atoms with Gasteiger partial charge in [0.25, 0.3) is 0 Å². The average Bonchev–Trinajstić information content (AvgIpc) is 2.89. The van der Waals surface area contributed by atoms with Gasteiger partial charge in [0.15, 0.2) is 0 Å². The highest BCUT2D eigenvalue weighted by Crippen LogP contribution is 2.40. The van der Waals surface area contributed by atoms with Crippen LogP contribution in [0.3, 0.4) is 0 Å². The molecule has 1 fully saturated rings. The van der Waals surface area contributed by atoms with E-state index >= 15 is 0 Å². The van der Waals surface area contributed by atoms with E-state index < -0.39 is 0 Å². The molecule has 3 nitrogen and oxygen atoms in total. The Balaban J connectivity index is 1.86. The minimum atomic E-state index is 0.288. The lowest BCUT2D eigenvalue weighted by Gasteiger charge is -2.35. The van der Waals surface area contributed by atoms with Crippen molar-refractivity contribution >= 4 is 21.6 Å². The molecule has 0 unspecified atom stereocenters. The Kier molecular flexibility index (Phi) is 3.94. The van der Waals surface area contributed by atoms with E-state index in [0.29, 0.717) is 0 Å². The molecule has 0 aliphatic heterocycles. The molecular formula is C16H22N2OS. The Bertz CT molecular complexity index is 587. The maximum atomic E-state index is 6.08. The Morgan fingerprint density at radius 2 is 2.10 bits per heavy atom. The minimum Gasteiger partial charge on any atom is -0.497 e. The number of ether oxygens (including phenoxy) is 1. The quantitative estimate of drug-likeness (QED) is 0.932. The van der Waals surface area contributed by atoms with E-state index in [1.807, 2.05) is 12.1 Å². The Morgan fingerprint density at radius 1 is 1.30 bits per heavy atom. The van der Waals surface area contributed by atoms with Crippen molar-refractivity contribution in [2.45, 2.75) is 38.5 Å². The van der Waals surface area contributed by atoms with Gasteiger partial charge < -0.3 is 10.5 Å². The largest absolute Gasteiger partial charge is 0.497 e. The number of methoxy groups -OCH3 is 1. The fourth-order valence-corrected chi connectivity index (χ4v) is 4.40. The molecule has 20 heavy (non-hydrogen) atoms. The van der Waals surface area contributed by atoms with E-state index in [9.17, 15) is 0 Å². The summed E-state index contributed by atoms with van der Waals surface area (Å²) in [6.07, 6.45) is 7.53. The Morgan fingerprint density at radius 3 is 2.80 bits per heavy atom. The van der Waals surface area contributed by atoms with Crippen LogP contribution >= 0.6 is 11.3 Å². The molecular weight excluding hydrogens is 268 g/mol. The molecule has 1 heterocycles. The number of rotatable bonds is 4. The molecule has 108 valence electrons. The number of nitrogens with zero attached hydrogens (tertiary/aromatic N) is 1. The van der Waals surface area contributed by atoms with Gasteiger partial charge in [-0.3, -0.25) is 0 Å². The van der Waals surface area contributed by atoms with Gasteiger partial charge in [-0.15, -0.1) is 11.3 Å². The van der Waals surface area contributed by atoms with Crippen molar-refractivity contribution in [3.63, 3.8) is 0 Å². The number of hydrogen-bond donors (Lipinski definition) is 1. The van der Waals surface area contributed by atoms with Crippen LogP contribution in [-0.4, -0.2) is 18.6 Å². The standard InChI is InChI=1S/C16H22N2OS/c1-19-12-5-6-13-14(9-12)20-15(18-13)10-16(11-17)7-3-2-4-8-16/h5-6,9H,2-4,7-8,10-11,17H2,1H3. The zero-order valence-corrected chi connectivity index (χ0v) is 12.8. The molecule has 1 aliphatic carbocycles. The monoisotopic (exact) mass is 290 g/mol. The topological polar surface area (TPSA) is 48.1 Å². The summed E-state index contributed by atoms with van der Waals surface area (Å²) in [5.41, 5.74) is 7.45. The first-order valence-corrected chi connectivity index (χ1v) is 8.20. The summed E-state index contributed by atoms with van der Waals surface area (Å²) in [7, 11) is 1.70. The van der Waals surface area contributed by atoms with Crippen LogP contribution in [0, 0.1) is 5.41 Å². The van der Waals surface area contributed by atoms with E-state index in [1.54, 1.807) is 18.4 Å². The highest BCUT2D eigenvalue weighted by atomic mass is 32.1. The van der Waals surface area contributed by atoms with Crippen LogP contribution in [0.4, 0.5) is 0 Å². The third-order valence-corrected chi connectivity index (χ3v) is 5.53. The molecule has 2 aromatic rings. The van der Waals surface area contributed by atoms with E-state index in [4.69, 9.17) is 15.5 Å². The van der Waals surface area contributed by atoms with Gasteiger partial charge in [-0.05, 0) is 43.0 Å². The molecule has 0 atom stereocenters. The summed E-state index contributed by atoms with van der Waals surface area (Å²) >= 11 is 1.79. The fraction of sp³-hybridized carbons (Fsp3) is 0.562. The molecule has 3 rings (SSSR count). The van der Waals surface area contributed by atoms with Crippen molar-refractivity contribution in [3.05, 3.63) is 23.2 Å². The molecule has 1 aliphatic rings. The lowest BCUT2D eigenvalue weighted by atomic mass is 9.72. The van der Waals surface area contributed by atoms with Gasteiger partial charge in [-0.2, -0.15) is 0 Å². The average molecular weight is 290 g/mol. The van der Waals surface area contributed by atoms with Crippen molar-refractivity contribution in [2.24, 2.45) is 11.1 Å². The normalized spacial score (nSPS) is 18.3. The number of thiazole rings is 1. The second-order valence-electron chi connectivity index (χ2n) is 5.88. The molecule has 4 heteroatoms. The van der Waals surface area contributed by atoms with Crippen LogP contribution in [-0.2, 0) is 6.42 Å². The van der Waals surface area contributed by atoms with E-state index in [-0.39, 0.29) is 5.41 Å². The van der Waals surface area contributed by atoms with Gasteiger partial charge >= 0.3 is 0 Å². The summed E-state index contributed by atoms with van der Waals surface area (Å²) in [6.45, 7) is 0.784. The first-order chi connectivity index (χ1) is 9.74. The number of aromatic nitrogens is 1. The molecule has 0 radical (unpaired) electrons. The lowest BCUT2D eigenvalue weighted by Crippen LogP contribution is -2.34. The van der Waals surface area contributed by atoms with Crippen molar-refractivity contribution < 1.29 is 4.74 Å². The highest BCUT2D eigenvalue weighted by Gasteiger charge is 2.31. The van der Waals surface area contributed by atoms with Crippen LogP contribution in [0.1, 0.15) is 37.1 Å². The van der Waals surface area contributed by atoms with E-state index in [1.165, 1.54) is 41.8 Å². The number of fused-ring (bicyclic) bond motifs is 1. The maximum Gasteiger partial charge on any atom is 0.120 e. The molecule has 1 aromatic carbocycles. The third-order valence-electron chi connectivity index (χ3n) is 4.51. The second-order valence-corrected chi connectivity index (χ2v) is 7.00. The molecule has 0 saturated heterocycles. The fourth-order valence-electron chi connectivity index (χ4n) is 3.23. The van der Waals surface area contributed by atoms with Crippen molar-refractivity contribution in [2.75, 3.05) is 13.7 Å². The highest BCUT2D eigenvalue weighted by molar-refractivity contribution is 7.18. The summed E-state index contributed by atoms with van der Waals surface area (Å²) in [6, 6.07) is 6.10. The maximum absolute atomic E-state index is 6.08. The van der Waals surface area contributed by atoms with Crippen molar-refractivity contribution in [3.8, 4) is 5.75 Å². The Hall–Kier alpha value is -1.13. The SMILES string of the molecule is COc1ccc2nc(CC3(CN)CCCCC3)sc2c1. The molecule has 0 amide bonds. The molecule has 1 saturated carbocycles. The molecule has 0 bridgehead atoms.